The molecule has 0 bridgehead atoms. The number of carbonyl (C=O) groups excluding carboxylic acids is 2. The molecule has 0 saturated heterocycles. The molecule has 1 aliphatic heterocycles. The van der Waals surface area contributed by atoms with Crippen LogP contribution in [0.25, 0.3) is 11.0 Å². The first-order valence-corrected chi connectivity index (χ1v) is 11.1. The van der Waals surface area contributed by atoms with Gasteiger partial charge in [0, 0.05) is 12.5 Å². The Morgan fingerprint density at radius 2 is 1.69 bits per heavy atom. The van der Waals surface area contributed by atoms with Gasteiger partial charge in [0.1, 0.15) is 11.8 Å². The van der Waals surface area contributed by atoms with Crippen molar-refractivity contribution in [2.45, 2.75) is 50.6 Å². The maximum absolute atomic E-state index is 13.2. The Kier molecular flexibility index (Phi) is 5.34. The van der Waals surface area contributed by atoms with Crippen molar-refractivity contribution < 1.29 is 9.59 Å². The van der Waals surface area contributed by atoms with E-state index in [-0.39, 0.29) is 18.0 Å². The number of hydrogen-bond donors (Lipinski definition) is 2. The van der Waals surface area contributed by atoms with Gasteiger partial charge in [-0.05, 0) is 37.1 Å². The summed E-state index contributed by atoms with van der Waals surface area (Å²) < 4.78 is 2.16. The maximum atomic E-state index is 13.2. The van der Waals surface area contributed by atoms with Crippen LogP contribution in [0.2, 0.25) is 0 Å². The molecule has 1 aliphatic carbocycles. The van der Waals surface area contributed by atoms with E-state index >= 15 is 0 Å². The van der Waals surface area contributed by atoms with Crippen molar-refractivity contribution in [1.29, 1.82) is 0 Å². The minimum Gasteiger partial charge on any atom is -0.368 e. The normalized spacial score (nSPS) is 19.2. The van der Waals surface area contributed by atoms with Gasteiger partial charge >= 0.3 is 0 Å². The molecule has 1 unspecified atom stereocenters. The Hall–Kier alpha value is -3.68. The van der Waals surface area contributed by atoms with E-state index in [0.29, 0.717) is 17.7 Å². The van der Waals surface area contributed by atoms with Crippen molar-refractivity contribution in [3.05, 3.63) is 54.6 Å². The summed E-state index contributed by atoms with van der Waals surface area (Å²) in [5.74, 6) is -0.350. The fraction of sp³-hybridized carbons (Fsp3) is 0.333. The number of aromatic nitrogens is 2. The van der Waals surface area contributed by atoms with Crippen molar-refractivity contribution in [2.24, 2.45) is 10.8 Å². The highest BCUT2D eigenvalue weighted by Crippen LogP contribution is 2.34. The van der Waals surface area contributed by atoms with Crippen molar-refractivity contribution in [2.75, 3.05) is 10.3 Å². The fourth-order valence-electron chi connectivity index (χ4n) is 4.70. The number of rotatable bonds is 5. The van der Waals surface area contributed by atoms with E-state index in [1.807, 2.05) is 54.6 Å². The zero-order valence-corrected chi connectivity index (χ0v) is 17.8. The molecule has 32 heavy (non-hydrogen) atoms. The van der Waals surface area contributed by atoms with Crippen molar-refractivity contribution in [3.63, 3.8) is 0 Å². The zero-order valence-electron chi connectivity index (χ0n) is 17.8. The van der Waals surface area contributed by atoms with Crippen LogP contribution in [0.15, 0.2) is 59.7 Å². The third-order valence-electron chi connectivity index (χ3n) is 6.28. The third kappa shape index (κ3) is 3.72. The van der Waals surface area contributed by atoms with Crippen LogP contribution in [-0.2, 0) is 9.59 Å². The summed E-state index contributed by atoms with van der Waals surface area (Å²) in [6.07, 6.45) is 5.86. The van der Waals surface area contributed by atoms with Gasteiger partial charge in [0.15, 0.2) is 0 Å². The minimum atomic E-state index is -0.699. The number of fused-ring (bicyclic) bond motifs is 1. The first kappa shape index (κ1) is 20.2. The van der Waals surface area contributed by atoms with Gasteiger partial charge in [-0.1, -0.05) is 49.6 Å². The number of hydrogen-bond acceptors (Lipinski definition) is 5. The first-order chi connectivity index (χ1) is 15.6. The molecule has 1 atom stereocenters. The molecule has 1 saturated carbocycles. The highest BCUT2D eigenvalue weighted by atomic mass is 16.2. The molecule has 5 rings (SSSR count). The number of primary amides is 1. The monoisotopic (exact) mass is 430 g/mol. The molecule has 2 aromatic carbocycles. The van der Waals surface area contributed by atoms with Gasteiger partial charge in [-0.2, -0.15) is 5.10 Å². The molecular weight excluding hydrogens is 404 g/mol. The lowest BCUT2D eigenvalue weighted by atomic mass is 9.95. The molecule has 3 N–H and O–H groups in total. The number of benzene rings is 2. The lowest BCUT2D eigenvalue weighted by Crippen LogP contribution is -2.39. The molecule has 164 valence electrons. The number of para-hydroxylation sites is 3. The molecule has 3 aromatic rings. The Morgan fingerprint density at radius 3 is 2.44 bits per heavy atom. The summed E-state index contributed by atoms with van der Waals surface area (Å²) >= 11 is 0. The Balaban J connectivity index is 1.45. The number of hydrazone groups is 1. The van der Waals surface area contributed by atoms with E-state index in [4.69, 9.17) is 10.7 Å². The van der Waals surface area contributed by atoms with E-state index in [0.717, 1.165) is 23.9 Å². The summed E-state index contributed by atoms with van der Waals surface area (Å²) in [6.45, 7) is 0. The summed E-state index contributed by atoms with van der Waals surface area (Å²) in [7, 11) is 0. The Morgan fingerprint density at radius 1 is 0.969 bits per heavy atom. The molecule has 2 heterocycles. The summed E-state index contributed by atoms with van der Waals surface area (Å²) in [4.78, 5) is 29.9. The number of imidazole rings is 1. The SMILES string of the molecule is NC(=O)C1CC(C(=O)Nc2nc3ccccc3n2C2CCCCC2)=NN1c1ccccc1. The minimum absolute atomic E-state index is 0.152. The zero-order chi connectivity index (χ0) is 22.1. The van der Waals surface area contributed by atoms with Crippen LogP contribution in [0.1, 0.15) is 44.6 Å². The van der Waals surface area contributed by atoms with Gasteiger partial charge in [-0.3, -0.25) is 19.9 Å². The van der Waals surface area contributed by atoms with E-state index < -0.39 is 11.9 Å². The first-order valence-electron chi connectivity index (χ1n) is 11.1. The van der Waals surface area contributed by atoms with Gasteiger partial charge < -0.3 is 10.3 Å². The van der Waals surface area contributed by atoms with Crippen LogP contribution >= 0.6 is 0 Å². The molecule has 2 aliphatic rings. The van der Waals surface area contributed by atoms with E-state index in [1.54, 1.807) is 0 Å². The Labute approximate surface area is 186 Å². The van der Waals surface area contributed by atoms with Crippen molar-refractivity contribution in [3.8, 4) is 0 Å². The lowest BCUT2D eigenvalue weighted by molar-refractivity contribution is -0.119. The largest absolute Gasteiger partial charge is 0.368 e. The molecular formula is C24H26N6O2. The number of nitrogens with one attached hydrogen (secondary N) is 1. The van der Waals surface area contributed by atoms with Crippen LogP contribution in [0.5, 0.6) is 0 Å². The molecule has 0 radical (unpaired) electrons. The third-order valence-corrected chi connectivity index (χ3v) is 6.28. The topological polar surface area (TPSA) is 106 Å². The number of amides is 2. The van der Waals surface area contributed by atoms with Gasteiger partial charge in [0.2, 0.25) is 11.9 Å². The molecule has 2 amide bonds. The molecule has 1 aromatic heterocycles. The van der Waals surface area contributed by atoms with Crippen LogP contribution in [-0.4, -0.2) is 33.1 Å². The summed E-state index contributed by atoms with van der Waals surface area (Å²) in [5, 5.41) is 8.96. The number of nitrogens with zero attached hydrogens (tertiary/aromatic N) is 4. The average molecular weight is 431 g/mol. The Bertz CT molecular complexity index is 1180. The van der Waals surface area contributed by atoms with E-state index in [1.165, 1.54) is 24.3 Å². The second-order valence-electron chi connectivity index (χ2n) is 8.39. The number of anilines is 2. The second-order valence-corrected chi connectivity index (χ2v) is 8.39. The fourth-order valence-corrected chi connectivity index (χ4v) is 4.70. The maximum Gasteiger partial charge on any atom is 0.274 e. The van der Waals surface area contributed by atoms with Crippen LogP contribution in [0.4, 0.5) is 11.6 Å². The van der Waals surface area contributed by atoms with E-state index in [9.17, 15) is 9.59 Å². The summed E-state index contributed by atoms with van der Waals surface area (Å²) in [6, 6.07) is 16.8. The average Bonchev–Trinajstić information content (AvgIpc) is 3.42. The molecule has 0 spiro atoms. The number of carbonyl (C=O) groups is 2. The highest BCUT2D eigenvalue weighted by Gasteiger charge is 2.35. The summed E-state index contributed by atoms with van der Waals surface area (Å²) in [5.41, 5.74) is 8.46. The van der Waals surface area contributed by atoms with Crippen LogP contribution < -0.4 is 16.1 Å². The van der Waals surface area contributed by atoms with Crippen molar-refractivity contribution in [1.82, 2.24) is 9.55 Å². The molecule has 1 fully saturated rings. The quantitative estimate of drug-likeness (QED) is 0.645. The standard InChI is InChI=1S/C24H26N6O2/c25-22(31)21-15-19(28-30(21)17-11-5-2-6-12-17)23(32)27-24-26-18-13-7-8-14-20(18)29(24)16-9-3-1-4-10-16/h2,5-8,11-14,16,21H,1,3-4,9-10,15H2,(H2,25,31)(H,26,27,32). The predicted molar refractivity (Wildman–Crippen MR) is 124 cm³/mol. The van der Waals surface area contributed by atoms with E-state index in [2.05, 4.69) is 15.0 Å². The van der Waals surface area contributed by atoms with Gasteiger partial charge in [-0.25, -0.2) is 4.98 Å². The second kappa shape index (κ2) is 8.45. The van der Waals surface area contributed by atoms with Crippen LogP contribution in [0.3, 0.4) is 0 Å². The number of nitrogens with two attached hydrogens (primary N) is 1. The smallest absolute Gasteiger partial charge is 0.274 e. The van der Waals surface area contributed by atoms with Gasteiger partial charge in [0.25, 0.3) is 5.91 Å². The van der Waals surface area contributed by atoms with Gasteiger partial charge in [0.05, 0.1) is 16.7 Å². The molecule has 8 nitrogen and oxygen atoms in total. The predicted octanol–water partition coefficient (Wildman–Crippen LogP) is 3.60. The lowest BCUT2D eigenvalue weighted by Gasteiger charge is -2.25. The van der Waals surface area contributed by atoms with Gasteiger partial charge in [-0.15, -0.1) is 0 Å². The van der Waals surface area contributed by atoms with Crippen LogP contribution in [0, 0.1) is 0 Å². The molecule has 8 heteroatoms. The highest BCUT2D eigenvalue weighted by molar-refractivity contribution is 6.44. The van der Waals surface area contributed by atoms with Crippen molar-refractivity contribution >= 4 is 40.2 Å².